The maximum atomic E-state index is 13.3. The van der Waals surface area contributed by atoms with E-state index in [2.05, 4.69) is 6.92 Å². The number of alkyl halides is 3. The zero-order valence-corrected chi connectivity index (χ0v) is 17.0. The molecule has 2 aromatic rings. The molecule has 0 radical (unpaired) electrons. The first-order chi connectivity index (χ1) is 13.8. The summed E-state index contributed by atoms with van der Waals surface area (Å²) in [6.07, 6.45) is 8.91. The largest absolute Gasteiger partial charge is 0.478 e. The highest BCUT2D eigenvalue weighted by Gasteiger charge is 2.38. The summed E-state index contributed by atoms with van der Waals surface area (Å²) in [5.41, 5.74) is -1.13. The van der Waals surface area contributed by atoms with Crippen LogP contribution < -0.4 is 0 Å². The number of carbonyl (C=O) groups is 1. The average Bonchev–Trinajstić information content (AvgIpc) is 3.41. The van der Waals surface area contributed by atoms with Crippen molar-refractivity contribution >= 4 is 16.9 Å². The Morgan fingerprint density at radius 2 is 1.76 bits per heavy atom. The predicted molar refractivity (Wildman–Crippen MR) is 108 cm³/mol. The van der Waals surface area contributed by atoms with Gasteiger partial charge in [0.05, 0.1) is 11.1 Å². The predicted octanol–water partition coefficient (Wildman–Crippen LogP) is 7.45. The fourth-order valence-corrected chi connectivity index (χ4v) is 4.39. The zero-order valence-electron chi connectivity index (χ0n) is 17.0. The first-order valence-corrected chi connectivity index (χ1v) is 10.8. The van der Waals surface area contributed by atoms with Gasteiger partial charge in [0, 0.05) is 23.1 Å². The molecule has 1 atom stereocenters. The molecule has 1 fully saturated rings. The number of aromatic carboxylic acids is 1. The lowest BCUT2D eigenvalue weighted by molar-refractivity contribution is -0.138. The van der Waals surface area contributed by atoms with Crippen LogP contribution in [-0.4, -0.2) is 15.6 Å². The Labute approximate surface area is 169 Å². The van der Waals surface area contributed by atoms with Crippen LogP contribution in [0.3, 0.4) is 0 Å². The highest BCUT2D eigenvalue weighted by atomic mass is 19.4. The van der Waals surface area contributed by atoms with Crippen LogP contribution in [0.25, 0.3) is 10.9 Å². The third kappa shape index (κ3) is 5.14. The van der Waals surface area contributed by atoms with Gasteiger partial charge in [0.1, 0.15) is 0 Å². The summed E-state index contributed by atoms with van der Waals surface area (Å²) >= 11 is 0. The maximum Gasteiger partial charge on any atom is 0.417 e. The molecule has 0 amide bonds. The summed E-state index contributed by atoms with van der Waals surface area (Å²) < 4.78 is 41.9. The SMILES string of the molecule is CCCCCCCCCC(C1CC1)n1ccc2c(C(=O)O)c(C(F)(F)F)ccc21. The van der Waals surface area contributed by atoms with Gasteiger partial charge in [-0.15, -0.1) is 0 Å². The van der Waals surface area contributed by atoms with E-state index in [0.717, 1.165) is 31.7 Å². The summed E-state index contributed by atoms with van der Waals surface area (Å²) in [4.78, 5) is 11.6. The Hall–Kier alpha value is -1.98. The van der Waals surface area contributed by atoms with Crippen LogP contribution in [0.2, 0.25) is 0 Å². The average molecular weight is 409 g/mol. The Morgan fingerprint density at radius 3 is 2.34 bits per heavy atom. The molecular formula is C23H30F3NO2. The fourth-order valence-electron chi connectivity index (χ4n) is 4.39. The second kappa shape index (κ2) is 9.23. The van der Waals surface area contributed by atoms with Crippen molar-refractivity contribution in [3.63, 3.8) is 0 Å². The van der Waals surface area contributed by atoms with Crippen LogP contribution in [0.4, 0.5) is 13.2 Å². The lowest BCUT2D eigenvalue weighted by atomic mass is 10.0. The molecule has 1 aliphatic rings. The minimum absolute atomic E-state index is 0.178. The lowest BCUT2D eigenvalue weighted by Crippen LogP contribution is -2.14. The molecule has 3 rings (SSSR count). The number of benzene rings is 1. The quantitative estimate of drug-likeness (QED) is 0.392. The molecule has 0 saturated heterocycles. The van der Waals surface area contributed by atoms with Gasteiger partial charge in [-0.1, -0.05) is 51.9 Å². The van der Waals surface area contributed by atoms with Gasteiger partial charge in [-0.25, -0.2) is 4.79 Å². The number of halogens is 3. The molecule has 160 valence electrons. The van der Waals surface area contributed by atoms with Gasteiger partial charge >= 0.3 is 12.1 Å². The highest BCUT2D eigenvalue weighted by Crippen LogP contribution is 2.45. The van der Waals surface area contributed by atoms with E-state index in [1.165, 1.54) is 50.7 Å². The molecule has 1 aromatic carbocycles. The van der Waals surface area contributed by atoms with Crippen LogP contribution in [-0.2, 0) is 6.18 Å². The molecule has 0 spiro atoms. The first-order valence-electron chi connectivity index (χ1n) is 10.8. The van der Waals surface area contributed by atoms with Crippen molar-refractivity contribution in [2.75, 3.05) is 0 Å². The van der Waals surface area contributed by atoms with Gasteiger partial charge in [-0.2, -0.15) is 13.2 Å². The lowest BCUT2D eigenvalue weighted by Gasteiger charge is -2.21. The number of carboxylic acid groups (broad SMARTS) is 1. The number of hydrogen-bond acceptors (Lipinski definition) is 1. The molecule has 1 heterocycles. The van der Waals surface area contributed by atoms with Gasteiger partial charge < -0.3 is 9.67 Å². The molecule has 1 N–H and O–H groups in total. The van der Waals surface area contributed by atoms with Crippen molar-refractivity contribution in [2.45, 2.75) is 83.4 Å². The van der Waals surface area contributed by atoms with E-state index >= 15 is 0 Å². The van der Waals surface area contributed by atoms with E-state index in [1.807, 2.05) is 4.57 Å². The molecule has 29 heavy (non-hydrogen) atoms. The normalized spacial score (nSPS) is 15.7. The summed E-state index contributed by atoms with van der Waals surface area (Å²) in [6.45, 7) is 2.20. The standard InChI is InChI=1S/C23H30F3NO2/c1-2-3-4-5-6-7-8-9-19(16-10-11-16)27-15-14-17-20(27)13-12-18(23(24,25)26)21(17)22(28)29/h12-16,19H,2-11H2,1H3,(H,28,29). The van der Waals surface area contributed by atoms with Gasteiger partial charge in [-0.3, -0.25) is 0 Å². The molecule has 0 aliphatic heterocycles. The van der Waals surface area contributed by atoms with Crippen LogP contribution >= 0.6 is 0 Å². The smallest absolute Gasteiger partial charge is 0.417 e. The van der Waals surface area contributed by atoms with Crippen molar-refractivity contribution in [1.29, 1.82) is 0 Å². The fraction of sp³-hybridized carbons (Fsp3) is 0.609. The number of hydrogen-bond donors (Lipinski definition) is 1. The third-order valence-electron chi connectivity index (χ3n) is 6.05. The van der Waals surface area contributed by atoms with Crippen molar-refractivity contribution in [1.82, 2.24) is 4.57 Å². The van der Waals surface area contributed by atoms with E-state index in [-0.39, 0.29) is 11.4 Å². The van der Waals surface area contributed by atoms with E-state index in [9.17, 15) is 23.1 Å². The Balaban J connectivity index is 1.78. The molecular weight excluding hydrogens is 379 g/mol. The maximum absolute atomic E-state index is 13.3. The Morgan fingerprint density at radius 1 is 1.10 bits per heavy atom. The number of aromatic nitrogens is 1. The van der Waals surface area contributed by atoms with Crippen LogP contribution in [0.5, 0.6) is 0 Å². The summed E-state index contributed by atoms with van der Waals surface area (Å²) in [5.74, 6) is -0.989. The van der Waals surface area contributed by atoms with E-state index in [0.29, 0.717) is 11.4 Å². The monoisotopic (exact) mass is 409 g/mol. The summed E-state index contributed by atoms with van der Waals surface area (Å²) in [7, 11) is 0. The van der Waals surface area contributed by atoms with Gasteiger partial charge in [-0.05, 0) is 43.4 Å². The zero-order chi connectivity index (χ0) is 21.0. The number of unbranched alkanes of at least 4 members (excludes halogenated alkanes) is 6. The summed E-state index contributed by atoms with van der Waals surface area (Å²) in [6, 6.07) is 4.13. The Bertz CT molecular complexity index is 836. The van der Waals surface area contributed by atoms with Crippen molar-refractivity contribution in [2.24, 2.45) is 5.92 Å². The van der Waals surface area contributed by atoms with Crippen molar-refractivity contribution in [3.8, 4) is 0 Å². The topological polar surface area (TPSA) is 42.2 Å². The van der Waals surface area contributed by atoms with E-state index < -0.39 is 23.3 Å². The summed E-state index contributed by atoms with van der Waals surface area (Å²) in [5, 5.41) is 9.63. The number of carboxylic acids is 1. The molecule has 1 aromatic heterocycles. The molecule has 1 unspecified atom stereocenters. The van der Waals surface area contributed by atoms with Crippen LogP contribution in [0, 0.1) is 5.92 Å². The van der Waals surface area contributed by atoms with Crippen LogP contribution in [0.15, 0.2) is 24.4 Å². The number of nitrogens with zero attached hydrogens (tertiary/aromatic N) is 1. The van der Waals surface area contributed by atoms with Gasteiger partial charge in [0.25, 0.3) is 0 Å². The van der Waals surface area contributed by atoms with Crippen LogP contribution in [0.1, 0.15) is 93.1 Å². The second-order valence-corrected chi connectivity index (χ2v) is 8.26. The third-order valence-corrected chi connectivity index (χ3v) is 6.05. The minimum Gasteiger partial charge on any atom is -0.478 e. The van der Waals surface area contributed by atoms with E-state index in [1.54, 1.807) is 6.20 Å². The molecule has 3 nitrogen and oxygen atoms in total. The van der Waals surface area contributed by atoms with Gasteiger partial charge in [0.15, 0.2) is 0 Å². The molecule has 1 aliphatic carbocycles. The highest BCUT2D eigenvalue weighted by molar-refractivity contribution is 6.04. The van der Waals surface area contributed by atoms with Crippen molar-refractivity contribution in [3.05, 3.63) is 35.5 Å². The molecule has 1 saturated carbocycles. The second-order valence-electron chi connectivity index (χ2n) is 8.26. The first kappa shape index (κ1) is 21.7. The van der Waals surface area contributed by atoms with Gasteiger partial charge in [0.2, 0.25) is 0 Å². The Kier molecular flexibility index (Phi) is 6.91. The van der Waals surface area contributed by atoms with E-state index in [4.69, 9.17) is 0 Å². The van der Waals surface area contributed by atoms with Crippen molar-refractivity contribution < 1.29 is 23.1 Å². The molecule has 6 heteroatoms. The minimum atomic E-state index is -4.68. The number of rotatable bonds is 11. The molecule has 0 bridgehead atoms. The number of fused-ring (bicyclic) bond motifs is 1.